The van der Waals surface area contributed by atoms with E-state index in [4.69, 9.17) is 10.5 Å². The number of benzene rings is 1. The fraction of sp³-hybridized carbons (Fsp3) is 0.625. The lowest BCUT2D eigenvalue weighted by molar-refractivity contribution is 0.00401. The van der Waals surface area contributed by atoms with Gasteiger partial charge < -0.3 is 15.6 Å². The van der Waals surface area contributed by atoms with E-state index in [9.17, 15) is 5.11 Å². The van der Waals surface area contributed by atoms with Gasteiger partial charge in [-0.05, 0) is 33.0 Å². The predicted molar refractivity (Wildman–Crippen MR) is 85.5 cm³/mol. The van der Waals surface area contributed by atoms with Crippen molar-refractivity contribution in [3.8, 4) is 5.75 Å². The molecule has 0 radical (unpaired) electrons. The van der Waals surface area contributed by atoms with Crippen LogP contribution in [0, 0.1) is 0 Å². The molecule has 1 heterocycles. The van der Waals surface area contributed by atoms with Gasteiger partial charge in [0.25, 0.3) is 0 Å². The summed E-state index contributed by atoms with van der Waals surface area (Å²) >= 11 is 0. The van der Waals surface area contributed by atoms with Crippen LogP contribution in [0.25, 0.3) is 0 Å². The fourth-order valence-corrected chi connectivity index (χ4v) is 2.65. The van der Waals surface area contributed by atoms with Crippen LogP contribution in [0.3, 0.4) is 0 Å². The number of β-amino-alcohol motifs (C(OH)–C–C–N with tert-alkyl or cyclic N) is 1. The number of rotatable bonds is 5. The summed E-state index contributed by atoms with van der Waals surface area (Å²) in [7, 11) is 2.15. The molecule has 0 aromatic heterocycles. The Kier molecular flexibility index (Phi) is 5.08. The molecule has 0 aliphatic carbocycles. The molecule has 1 aromatic rings. The molecule has 1 aliphatic heterocycles. The lowest BCUT2D eigenvalue weighted by Gasteiger charge is -2.45. The van der Waals surface area contributed by atoms with E-state index < -0.39 is 6.10 Å². The second-order valence-electron chi connectivity index (χ2n) is 6.47. The molecule has 0 bridgehead atoms. The smallest absolute Gasteiger partial charge is 0.142 e. The molecular weight excluding hydrogens is 266 g/mol. The zero-order valence-corrected chi connectivity index (χ0v) is 13.2. The topological polar surface area (TPSA) is 62.0 Å². The van der Waals surface area contributed by atoms with Gasteiger partial charge in [0.1, 0.15) is 18.5 Å². The zero-order valence-electron chi connectivity index (χ0n) is 13.2. The van der Waals surface area contributed by atoms with Gasteiger partial charge in [0.2, 0.25) is 0 Å². The first-order chi connectivity index (χ1) is 9.88. The van der Waals surface area contributed by atoms with E-state index in [1.807, 2.05) is 18.2 Å². The van der Waals surface area contributed by atoms with Gasteiger partial charge in [-0.3, -0.25) is 9.80 Å². The summed E-state index contributed by atoms with van der Waals surface area (Å²) in [6.07, 6.45) is -0.510. The number of nitrogens with two attached hydrogens (primary N) is 1. The lowest BCUT2D eigenvalue weighted by Crippen LogP contribution is -2.58. The van der Waals surface area contributed by atoms with Crippen LogP contribution in [0.1, 0.15) is 13.8 Å². The van der Waals surface area contributed by atoms with Gasteiger partial charge in [0, 0.05) is 31.7 Å². The summed E-state index contributed by atoms with van der Waals surface area (Å²) < 4.78 is 5.60. The third-order valence-electron chi connectivity index (χ3n) is 4.21. The molecule has 1 aliphatic rings. The number of piperazine rings is 1. The molecule has 0 spiro atoms. The Balaban J connectivity index is 1.80. The minimum absolute atomic E-state index is 0.142. The van der Waals surface area contributed by atoms with Gasteiger partial charge in [-0.1, -0.05) is 12.1 Å². The Labute approximate surface area is 127 Å². The van der Waals surface area contributed by atoms with E-state index in [-0.39, 0.29) is 12.1 Å². The van der Waals surface area contributed by atoms with Gasteiger partial charge in [-0.2, -0.15) is 0 Å². The van der Waals surface area contributed by atoms with Crippen LogP contribution in [-0.2, 0) is 0 Å². The zero-order chi connectivity index (χ0) is 15.5. The summed E-state index contributed by atoms with van der Waals surface area (Å²) in [4.78, 5) is 4.65. The number of para-hydroxylation sites is 2. The van der Waals surface area contributed by atoms with Crippen molar-refractivity contribution < 1.29 is 9.84 Å². The second-order valence-corrected chi connectivity index (χ2v) is 6.47. The third-order valence-corrected chi connectivity index (χ3v) is 4.21. The molecule has 1 saturated heterocycles. The molecular formula is C16H27N3O2. The van der Waals surface area contributed by atoms with E-state index in [0.717, 1.165) is 19.6 Å². The van der Waals surface area contributed by atoms with Crippen molar-refractivity contribution in [3.63, 3.8) is 0 Å². The quantitative estimate of drug-likeness (QED) is 0.794. The number of hydrogen-bond acceptors (Lipinski definition) is 5. The summed E-state index contributed by atoms with van der Waals surface area (Å²) in [5.41, 5.74) is 6.56. The molecule has 2 rings (SSSR count). The maximum atomic E-state index is 10.2. The normalized spacial score (nSPS) is 21.1. The van der Waals surface area contributed by atoms with Crippen LogP contribution in [0.2, 0.25) is 0 Å². The first kappa shape index (κ1) is 16.1. The van der Waals surface area contributed by atoms with Crippen molar-refractivity contribution in [2.24, 2.45) is 0 Å². The van der Waals surface area contributed by atoms with Crippen LogP contribution in [0.15, 0.2) is 24.3 Å². The highest BCUT2D eigenvalue weighted by molar-refractivity contribution is 5.51. The van der Waals surface area contributed by atoms with Gasteiger partial charge in [-0.25, -0.2) is 0 Å². The number of nitrogen functional groups attached to an aromatic ring is 1. The number of nitrogens with zero attached hydrogens (tertiary/aromatic N) is 2. The Bertz CT molecular complexity index is 465. The minimum atomic E-state index is -0.510. The van der Waals surface area contributed by atoms with Crippen molar-refractivity contribution in [1.29, 1.82) is 0 Å². The monoisotopic (exact) mass is 293 g/mol. The van der Waals surface area contributed by atoms with Crippen molar-refractivity contribution in [3.05, 3.63) is 24.3 Å². The maximum absolute atomic E-state index is 10.2. The second kappa shape index (κ2) is 6.64. The summed E-state index contributed by atoms with van der Waals surface area (Å²) in [6.45, 7) is 8.30. The van der Waals surface area contributed by atoms with Crippen LogP contribution in [-0.4, -0.2) is 66.4 Å². The summed E-state index contributed by atoms with van der Waals surface area (Å²) in [5, 5.41) is 10.2. The summed E-state index contributed by atoms with van der Waals surface area (Å²) in [5.74, 6) is 0.634. The van der Waals surface area contributed by atoms with Crippen LogP contribution in [0.5, 0.6) is 5.75 Å². The van der Waals surface area contributed by atoms with E-state index in [0.29, 0.717) is 18.0 Å². The molecule has 0 amide bonds. The van der Waals surface area contributed by atoms with Crippen molar-refractivity contribution in [1.82, 2.24) is 9.80 Å². The third kappa shape index (κ3) is 4.33. The van der Waals surface area contributed by atoms with E-state index in [1.54, 1.807) is 6.07 Å². The number of anilines is 1. The average molecular weight is 293 g/mol. The standard InChI is InChI=1S/C16H27N3O2/c1-16(2)12-19(9-8-18(16)3)10-13(20)11-21-15-7-5-4-6-14(15)17/h4-7,13,20H,8-12,17H2,1-3H3. The highest BCUT2D eigenvalue weighted by atomic mass is 16.5. The number of aliphatic hydroxyl groups excluding tert-OH is 1. The van der Waals surface area contributed by atoms with E-state index in [1.165, 1.54) is 0 Å². The van der Waals surface area contributed by atoms with Crippen LogP contribution in [0.4, 0.5) is 5.69 Å². The molecule has 5 nitrogen and oxygen atoms in total. The number of hydrogen-bond donors (Lipinski definition) is 2. The SMILES string of the molecule is CN1CCN(CC(O)COc2ccccc2N)CC1(C)C. The van der Waals surface area contributed by atoms with Gasteiger partial charge in [-0.15, -0.1) is 0 Å². The molecule has 1 aromatic carbocycles. The Morgan fingerprint density at radius 1 is 1.33 bits per heavy atom. The Morgan fingerprint density at radius 2 is 2.05 bits per heavy atom. The van der Waals surface area contributed by atoms with Gasteiger partial charge in [0.15, 0.2) is 0 Å². The molecule has 1 fully saturated rings. The van der Waals surface area contributed by atoms with Crippen molar-refractivity contribution in [2.45, 2.75) is 25.5 Å². The largest absolute Gasteiger partial charge is 0.489 e. The summed E-state index contributed by atoms with van der Waals surface area (Å²) in [6, 6.07) is 7.36. The van der Waals surface area contributed by atoms with E-state index >= 15 is 0 Å². The Morgan fingerprint density at radius 3 is 2.71 bits per heavy atom. The van der Waals surface area contributed by atoms with Gasteiger partial charge >= 0.3 is 0 Å². The highest BCUT2D eigenvalue weighted by Crippen LogP contribution is 2.21. The highest BCUT2D eigenvalue weighted by Gasteiger charge is 2.31. The number of likely N-dealkylation sites (N-methyl/N-ethyl adjacent to an activating group) is 1. The van der Waals surface area contributed by atoms with Gasteiger partial charge in [0.05, 0.1) is 5.69 Å². The molecule has 21 heavy (non-hydrogen) atoms. The molecule has 0 saturated carbocycles. The Hall–Kier alpha value is -1.30. The molecule has 1 atom stereocenters. The molecule has 5 heteroatoms. The minimum Gasteiger partial charge on any atom is -0.489 e. The molecule has 3 N–H and O–H groups in total. The van der Waals surface area contributed by atoms with E-state index in [2.05, 4.69) is 30.7 Å². The number of ether oxygens (including phenoxy) is 1. The first-order valence-corrected chi connectivity index (χ1v) is 7.47. The fourth-order valence-electron chi connectivity index (χ4n) is 2.65. The number of aliphatic hydroxyl groups is 1. The van der Waals surface area contributed by atoms with Crippen molar-refractivity contribution >= 4 is 5.69 Å². The lowest BCUT2D eigenvalue weighted by atomic mass is 9.99. The molecule has 1 unspecified atom stereocenters. The van der Waals surface area contributed by atoms with Crippen molar-refractivity contribution in [2.75, 3.05) is 45.6 Å². The average Bonchev–Trinajstić information content (AvgIpc) is 2.42. The maximum Gasteiger partial charge on any atom is 0.142 e. The molecule has 118 valence electrons. The predicted octanol–water partition coefficient (Wildman–Crippen LogP) is 1.03. The van der Waals surface area contributed by atoms with Crippen LogP contribution >= 0.6 is 0 Å². The van der Waals surface area contributed by atoms with Crippen LogP contribution < -0.4 is 10.5 Å². The first-order valence-electron chi connectivity index (χ1n) is 7.47.